The summed E-state index contributed by atoms with van der Waals surface area (Å²) < 4.78 is 0. The van der Waals surface area contributed by atoms with Gasteiger partial charge in [0, 0.05) is 5.92 Å². The smallest absolute Gasteiger partial charge is 0.0721 e. The second kappa shape index (κ2) is 2.60. The van der Waals surface area contributed by atoms with E-state index < -0.39 is 0 Å². The first-order valence-corrected chi connectivity index (χ1v) is 4.53. The molecule has 1 nitrogen and oxygen atoms in total. The Morgan fingerprint density at radius 3 is 2.58 bits per heavy atom. The highest BCUT2D eigenvalue weighted by Gasteiger charge is 2.51. The fraction of sp³-hybridized carbons (Fsp3) is 0.455. The zero-order valence-corrected chi connectivity index (χ0v) is 7.33. The lowest BCUT2D eigenvalue weighted by Crippen LogP contribution is -2.07. The molecule has 0 aliphatic heterocycles. The van der Waals surface area contributed by atoms with Crippen LogP contribution in [-0.2, 0) is 0 Å². The van der Waals surface area contributed by atoms with Gasteiger partial charge >= 0.3 is 0 Å². The molecule has 0 aromatic heterocycles. The molecule has 1 fully saturated rings. The molecule has 1 aromatic rings. The molecule has 1 saturated carbocycles. The molecule has 64 valence electrons. The maximum Gasteiger partial charge on any atom is 0.0721 e. The Morgan fingerprint density at radius 1 is 1.42 bits per heavy atom. The number of hydrogen-bond acceptors (Lipinski definition) is 1. The van der Waals surface area contributed by atoms with E-state index >= 15 is 0 Å². The van der Waals surface area contributed by atoms with Crippen molar-refractivity contribution >= 4 is 0 Å². The monoisotopic (exact) mass is 162 g/mol. The lowest BCUT2D eigenvalue weighted by molar-refractivity contribution is 0.139. The van der Waals surface area contributed by atoms with Gasteiger partial charge in [-0.15, -0.1) is 0 Å². The number of rotatable bonds is 2. The van der Waals surface area contributed by atoms with Crippen LogP contribution in [0.3, 0.4) is 0 Å². The molecule has 0 radical (unpaired) electrons. The Balaban J connectivity index is 2.16. The van der Waals surface area contributed by atoms with E-state index in [2.05, 4.69) is 12.1 Å². The van der Waals surface area contributed by atoms with Crippen LogP contribution in [0.2, 0.25) is 0 Å². The molecular formula is C11H14O. The number of benzene rings is 1. The van der Waals surface area contributed by atoms with Crippen LogP contribution in [0.1, 0.15) is 31.2 Å². The van der Waals surface area contributed by atoms with Gasteiger partial charge < -0.3 is 5.11 Å². The van der Waals surface area contributed by atoms with E-state index in [1.54, 1.807) is 0 Å². The van der Waals surface area contributed by atoms with Gasteiger partial charge in [-0.3, -0.25) is 0 Å². The first kappa shape index (κ1) is 7.81. The van der Waals surface area contributed by atoms with E-state index in [-0.39, 0.29) is 5.60 Å². The van der Waals surface area contributed by atoms with Crippen molar-refractivity contribution in [3.05, 3.63) is 35.9 Å². The topological polar surface area (TPSA) is 20.2 Å². The van der Waals surface area contributed by atoms with E-state index in [9.17, 15) is 5.11 Å². The third kappa shape index (κ3) is 1.14. The third-order valence-electron chi connectivity index (χ3n) is 2.86. The zero-order valence-electron chi connectivity index (χ0n) is 7.33. The standard InChI is InChI=1S/C11H14O/c1-2-11(12)8-10(11)9-6-4-3-5-7-9/h3-7,10,12H,2,8H2,1H3/t10-,11+/m1/s1. The van der Waals surface area contributed by atoms with E-state index in [1.807, 2.05) is 25.1 Å². The minimum Gasteiger partial charge on any atom is -0.389 e. The van der Waals surface area contributed by atoms with Crippen molar-refractivity contribution in [3.63, 3.8) is 0 Å². The molecule has 1 aliphatic carbocycles. The Labute approximate surface area is 73.0 Å². The minimum absolute atomic E-state index is 0.388. The normalized spacial score (nSPS) is 33.3. The SMILES string of the molecule is CC[C@]1(O)C[C@@H]1c1ccccc1. The number of aliphatic hydroxyl groups is 1. The molecule has 0 heterocycles. The second-order valence-electron chi connectivity index (χ2n) is 3.62. The van der Waals surface area contributed by atoms with Gasteiger partial charge in [0.15, 0.2) is 0 Å². The molecule has 12 heavy (non-hydrogen) atoms. The van der Waals surface area contributed by atoms with Crippen LogP contribution in [0.5, 0.6) is 0 Å². The summed E-state index contributed by atoms with van der Waals surface area (Å²) in [5.41, 5.74) is 0.892. The summed E-state index contributed by atoms with van der Waals surface area (Å²) in [5, 5.41) is 9.85. The zero-order chi connectivity index (χ0) is 8.60. The Bertz CT molecular complexity index is 268. The van der Waals surface area contributed by atoms with E-state index in [4.69, 9.17) is 0 Å². The van der Waals surface area contributed by atoms with Crippen molar-refractivity contribution < 1.29 is 5.11 Å². The lowest BCUT2D eigenvalue weighted by atomic mass is 10.1. The molecule has 0 unspecified atom stereocenters. The molecule has 2 atom stereocenters. The van der Waals surface area contributed by atoms with E-state index in [0.29, 0.717) is 5.92 Å². The van der Waals surface area contributed by atoms with Crippen LogP contribution >= 0.6 is 0 Å². The first-order valence-electron chi connectivity index (χ1n) is 4.53. The molecule has 1 aromatic carbocycles. The predicted molar refractivity (Wildman–Crippen MR) is 49.0 cm³/mol. The van der Waals surface area contributed by atoms with Gasteiger partial charge in [-0.25, -0.2) is 0 Å². The highest BCUT2D eigenvalue weighted by molar-refractivity contribution is 5.30. The second-order valence-corrected chi connectivity index (χ2v) is 3.62. The van der Waals surface area contributed by atoms with Crippen LogP contribution in [0.15, 0.2) is 30.3 Å². The van der Waals surface area contributed by atoms with Gasteiger partial charge in [0.1, 0.15) is 0 Å². The predicted octanol–water partition coefficient (Wildman–Crippen LogP) is 2.32. The van der Waals surface area contributed by atoms with Crippen molar-refractivity contribution in [3.8, 4) is 0 Å². The summed E-state index contributed by atoms with van der Waals surface area (Å²) in [6, 6.07) is 10.3. The van der Waals surface area contributed by atoms with Crippen molar-refractivity contribution in [2.24, 2.45) is 0 Å². The maximum absolute atomic E-state index is 9.85. The summed E-state index contributed by atoms with van der Waals surface area (Å²) in [7, 11) is 0. The van der Waals surface area contributed by atoms with Crippen molar-refractivity contribution in [2.45, 2.75) is 31.3 Å². The molecule has 2 rings (SSSR count). The summed E-state index contributed by atoms with van der Waals surface area (Å²) >= 11 is 0. The van der Waals surface area contributed by atoms with Gasteiger partial charge in [0.05, 0.1) is 5.60 Å². The van der Waals surface area contributed by atoms with Gasteiger partial charge in [-0.05, 0) is 18.4 Å². The fourth-order valence-corrected chi connectivity index (χ4v) is 1.80. The molecule has 0 amide bonds. The highest BCUT2D eigenvalue weighted by atomic mass is 16.3. The lowest BCUT2D eigenvalue weighted by Gasteiger charge is -2.05. The molecule has 0 spiro atoms. The molecule has 0 bridgehead atoms. The van der Waals surface area contributed by atoms with Crippen molar-refractivity contribution in [1.82, 2.24) is 0 Å². The van der Waals surface area contributed by atoms with Crippen molar-refractivity contribution in [2.75, 3.05) is 0 Å². The van der Waals surface area contributed by atoms with Crippen LogP contribution in [0, 0.1) is 0 Å². The average Bonchev–Trinajstić information content (AvgIpc) is 2.81. The Morgan fingerprint density at radius 2 is 2.08 bits per heavy atom. The van der Waals surface area contributed by atoms with Gasteiger partial charge in [-0.2, -0.15) is 0 Å². The molecule has 0 saturated heterocycles. The van der Waals surface area contributed by atoms with Gasteiger partial charge in [0.25, 0.3) is 0 Å². The van der Waals surface area contributed by atoms with Gasteiger partial charge in [-0.1, -0.05) is 37.3 Å². The van der Waals surface area contributed by atoms with Crippen LogP contribution in [0.4, 0.5) is 0 Å². The third-order valence-corrected chi connectivity index (χ3v) is 2.86. The average molecular weight is 162 g/mol. The Hall–Kier alpha value is -0.820. The maximum atomic E-state index is 9.85. The summed E-state index contributed by atoms with van der Waals surface area (Å²) in [6.45, 7) is 2.04. The largest absolute Gasteiger partial charge is 0.389 e. The molecule has 1 heteroatoms. The summed E-state index contributed by atoms with van der Waals surface area (Å²) in [4.78, 5) is 0. The molecule has 1 aliphatic rings. The fourth-order valence-electron chi connectivity index (χ4n) is 1.80. The Kier molecular flexibility index (Phi) is 1.69. The van der Waals surface area contributed by atoms with Crippen molar-refractivity contribution in [1.29, 1.82) is 0 Å². The highest BCUT2D eigenvalue weighted by Crippen LogP contribution is 2.53. The van der Waals surface area contributed by atoms with E-state index in [1.165, 1.54) is 5.56 Å². The minimum atomic E-state index is -0.388. The van der Waals surface area contributed by atoms with Gasteiger partial charge in [0.2, 0.25) is 0 Å². The molecular weight excluding hydrogens is 148 g/mol. The van der Waals surface area contributed by atoms with Crippen LogP contribution in [0.25, 0.3) is 0 Å². The summed E-state index contributed by atoms with van der Waals surface area (Å²) in [6.07, 6.45) is 1.81. The summed E-state index contributed by atoms with van der Waals surface area (Å²) in [5.74, 6) is 0.392. The van der Waals surface area contributed by atoms with E-state index in [0.717, 1.165) is 12.8 Å². The quantitative estimate of drug-likeness (QED) is 0.707. The first-order chi connectivity index (χ1) is 5.76. The van der Waals surface area contributed by atoms with Crippen LogP contribution < -0.4 is 0 Å². The molecule has 1 N–H and O–H groups in total. The number of hydrogen-bond donors (Lipinski definition) is 1. The van der Waals surface area contributed by atoms with Crippen LogP contribution in [-0.4, -0.2) is 10.7 Å².